The lowest BCUT2D eigenvalue weighted by Crippen LogP contribution is -2.14. The van der Waals surface area contributed by atoms with Gasteiger partial charge in [-0.15, -0.1) is 5.10 Å². The van der Waals surface area contributed by atoms with Crippen LogP contribution in [0.15, 0.2) is 53.7 Å². The van der Waals surface area contributed by atoms with Crippen molar-refractivity contribution in [2.24, 2.45) is 0 Å². The fraction of sp³-hybridized carbons (Fsp3) is 0.250. The minimum absolute atomic E-state index is 0.0981. The monoisotopic (exact) mass is 508 g/mol. The van der Waals surface area contributed by atoms with Gasteiger partial charge in [-0.25, -0.2) is 4.98 Å². The molecule has 0 aliphatic carbocycles. The third kappa shape index (κ3) is 6.23. The summed E-state index contributed by atoms with van der Waals surface area (Å²) in [5.41, 5.74) is 2.05. The number of benzene rings is 2. The highest BCUT2D eigenvalue weighted by Gasteiger charge is 2.09. The van der Waals surface area contributed by atoms with Gasteiger partial charge in [-0.1, -0.05) is 37.7 Å². The summed E-state index contributed by atoms with van der Waals surface area (Å²) in [7, 11) is 0. The average molecular weight is 508 g/mol. The van der Waals surface area contributed by atoms with Crippen molar-refractivity contribution >= 4 is 45.9 Å². The number of ether oxygens (including phenoxy) is 1. The summed E-state index contributed by atoms with van der Waals surface area (Å²) in [6.07, 6.45) is 0. The Morgan fingerprint density at radius 2 is 1.89 bits per heavy atom. The van der Waals surface area contributed by atoms with E-state index in [1.54, 1.807) is 0 Å². The Morgan fingerprint density at radius 3 is 2.57 bits per heavy atom. The molecule has 1 aromatic heterocycles. The Balaban J connectivity index is 1.44. The highest BCUT2D eigenvalue weighted by molar-refractivity contribution is 14.1. The number of carbonyl (C=O) groups is 1. The molecule has 0 saturated heterocycles. The predicted molar refractivity (Wildman–Crippen MR) is 120 cm³/mol. The normalized spacial score (nSPS) is 10.9. The third-order valence-electron chi connectivity index (χ3n) is 3.89. The molecule has 0 unspecified atom stereocenters. The molecule has 0 atom stereocenters. The van der Waals surface area contributed by atoms with Crippen LogP contribution < -0.4 is 10.1 Å². The first kappa shape index (κ1) is 20.7. The molecule has 1 heterocycles. The molecule has 28 heavy (non-hydrogen) atoms. The van der Waals surface area contributed by atoms with E-state index in [4.69, 9.17) is 4.74 Å². The van der Waals surface area contributed by atoms with Gasteiger partial charge in [0.2, 0.25) is 11.1 Å². The molecular weight excluding hydrogens is 487 g/mol. The standard InChI is InChI=1S/C20H21IN4O2S/c1-13(2)14-3-9-17(10-4-14)27-11-18-23-20(25-24-18)28-12-19(26)22-16-7-5-15(21)6-8-16/h3-10,13H,11-12H2,1-2H3,(H,22,26)(H,23,24,25). The van der Waals surface area contributed by atoms with Crippen molar-refractivity contribution in [3.8, 4) is 5.75 Å². The van der Waals surface area contributed by atoms with Gasteiger partial charge in [-0.05, 0) is 70.5 Å². The lowest BCUT2D eigenvalue weighted by Gasteiger charge is -2.07. The maximum absolute atomic E-state index is 12.0. The highest BCUT2D eigenvalue weighted by atomic mass is 127. The number of thioether (sulfide) groups is 1. The van der Waals surface area contributed by atoms with E-state index < -0.39 is 0 Å². The van der Waals surface area contributed by atoms with E-state index in [0.717, 1.165) is 15.0 Å². The van der Waals surface area contributed by atoms with Crippen molar-refractivity contribution in [2.75, 3.05) is 11.1 Å². The number of H-pyrrole nitrogens is 1. The molecule has 6 nitrogen and oxygen atoms in total. The fourth-order valence-electron chi connectivity index (χ4n) is 2.37. The first-order valence-electron chi connectivity index (χ1n) is 8.82. The Bertz CT molecular complexity index is 911. The predicted octanol–water partition coefficient (Wildman–Crippen LogP) is 4.84. The number of hydrogen-bond donors (Lipinski definition) is 2. The van der Waals surface area contributed by atoms with Crippen LogP contribution in [0.4, 0.5) is 5.69 Å². The Labute approximate surface area is 182 Å². The number of anilines is 1. The second-order valence-corrected chi connectivity index (χ2v) is 8.61. The summed E-state index contributed by atoms with van der Waals surface area (Å²) in [5, 5.41) is 10.3. The van der Waals surface area contributed by atoms with Gasteiger partial charge in [0.25, 0.3) is 0 Å². The van der Waals surface area contributed by atoms with E-state index in [9.17, 15) is 4.79 Å². The van der Waals surface area contributed by atoms with Crippen LogP contribution in [-0.4, -0.2) is 26.8 Å². The van der Waals surface area contributed by atoms with Crippen molar-refractivity contribution in [3.05, 3.63) is 63.5 Å². The highest BCUT2D eigenvalue weighted by Crippen LogP contribution is 2.20. The van der Waals surface area contributed by atoms with Gasteiger partial charge >= 0.3 is 0 Å². The first-order chi connectivity index (χ1) is 13.5. The van der Waals surface area contributed by atoms with E-state index in [0.29, 0.717) is 23.5 Å². The number of rotatable bonds is 8. The van der Waals surface area contributed by atoms with Gasteiger partial charge in [-0.3, -0.25) is 9.89 Å². The number of hydrogen-bond acceptors (Lipinski definition) is 5. The van der Waals surface area contributed by atoms with E-state index >= 15 is 0 Å². The van der Waals surface area contributed by atoms with Gasteiger partial charge in [0.1, 0.15) is 12.4 Å². The SMILES string of the molecule is CC(C)c1ccc(OCc2nc(SCC(=O)Nc3ccc(I)cc3)n[nH]2)cc1. The Morgan fingerprint density at radius 1 is 1.18 bits per heavy atom. The molecule has 0 bridgehead atoms. The lowest BCUT2D eigenvalue weighted by molar-refractivity contribution is -0.113. The molecule has 0 fully saturated rings. The van der Waals surface area contributed by atoms with Crippen molar-refractivity contribution in [2.45, 2.75) is 31.5 Å². The van der Waals surface area contributed by atoms with E-state index in [1.807, 2.05) is 36.4 Å². The zero-order valence-electron chi connectivity index (χ0n) is 15.6. The minimum Gasteiger partial charge on any atom is -0.486 e. The van der Waals surface area contributed by atoms with Crippen LogP contribution in [0.5, 0.6) is 5.75 Å². The number of nitrogens with zero attached hydrogens (tertiary/aromatic N) is 2. The maximum atomic E-state index is 12.0. The van der Waals surface area contributed by atoms with Crippen molar-refractivity contribution in [1.29, 1.82) is 0 Å². The van der Waals surface area contributed by atoms with Crippen molar-refractivity contribution in [3.63, 3.8) is 0 Å². The Hall–Kier alpha value is -2.07. The first-order valence-corrected chi connectivity index (χ1v) is 10.9. The van der Waals surface area contributed by atoms with E-state index in [-0.39, 0.29) is 11.7 Å². The number of amides is 1. The molecule has 146 valence electrons. The number of aromatic amines is 1. The molecule has 3 aromatic rings. The molecule has 0 spiro atoms. The molecule has 1 amide bonds. The van der Waals surface area contributed by atoms with Crippen LogP contribution in [0.3, 0.4) is 0 Å². The maximum Gasteiger partial charge on any atom is 0.234 e. The summed E-state index contributed by atoms with van der Waals surface area (Å²) in [6, 6.07) is 15.7. The molecule has 3 rings (SSSR count). The largest absolute Gasteiger partial charge is 0.486 e. The van der Waals surface area contributed by atoms with Gasteiger partial charge in [0.15, 0.2) is 5.82 Å². The quantitative estimate of drug-likeness (QED) is 0.336. The minimum atomic E-state index is -0.0981. The molecule has 0 aliphatic rings. The smallest absolute Gasteiger partial charge is 0.234 e. The summed E-state index contributed by atoms with van der Waals surface area (Å²) < 4.78 is 6.85. The molecule has 0 radical (unpaired) electrons. The fourth-order valence-corrected chi connectivity index (χ4v) is 3.34. The van der Waals surface area contributed by atoms with Gasteiger partial charge in [0.05, 0.1) is 5.75 Å². The summed E-state index contributed by atoms with van der Waals surface area (Å²) in [5.74, 6) is 2.03. The summed E-state index contributed by atoms with van der Waals surface area (Å²) >= 11 is 3.50. The second-order valence-electron chi connectivity index (χ2n) is 6.42. The van der Waals surface area contributed by atoms with Gasteiger partial charge < -0.3 is 10.1 Å². The van der Waals surface area contributed by atoms with Crippen LogP contribution in [0.2, 0.25) is 0 Å². The zero-order valence-corrected chi connectivity index (χ0v) is 18.6. The molecule has 8 heteroatoms. The van der Waals surface area contributed by atoms with Crippen LogP contribution in [-0.2, 0) is 11.4 Å². The average Bonchev–Trinajstić information content (AvgIpc) is 3.15. The number of aromatic nitrogens is 3. The summed E-state index contributed by atoms with van der Waals surface area (Å²) in [6.45, 7) is 4.61. The topological polar surface area (TPSA) is 79.9 Å². The number of carbonyl (C=O) groups excluding carboxylic acids is 1. The number of halogens is 1. The molecular formula is C20H21IN4O2S. The van der Waals surface area contributed by atoms with Gasteiger partial charge in [0, 0.05) is 9.26 Å². The Kier molecular flexibility index (Phi) is 7.32. The van der Waals surface area contributed by atoms with Crippen LogP contribution >= 0.6 is 34.4 Å². The van der Waals surface area contributed by atoms with Crippen LogP contribution in [0.25, 0.3) is 0 Å². The summed E-state index contributed by atoms with van der Waals surface area (Å²) in [4.78, 5) is 16.4. The second kappa shape index (κ2) is 9.92. The molecule has 0 aliphatic heterocycles. The van der Waals surface area contributed by atoms with E-state index in [1.165, 1.54) is 17.3 Å². The van der Waals surface area contributed by atoms with Crippen LogP contribution in [0.1, 0.15) is 31.2 Å². The van der Waals surface area contributed by atoms with Gasteiger partial charge in [-0.2, -0.15) is 0 Å². The third-order valence-corrected chi connectivity index (χ3v) is 5.46. The van der Waals surface area contributed by atoms with Crippen molar-refractivity contribution in [1.82, 2.24) is 15.2 Å². The lowest BCUT2D eigenvalue weighted by atomic mass is 10.0. The molecule has 2 N–H and O–H groups in total. The van der Waals surface area contributed by atoms with Crippen molar-refractivity contribution < 1.29 is 9.53 Å². The van der Waals surface area contributed by atoms with Crippen LogP contribution in [0, 0.1) is 3.57 Å². The van der Waals surface area contributed by atoms with E-state index in [2.05, 4.69) is 69.1 Å². The molecule has 2 aromatic carbocycles. The number of nitrogens with one attached hydrogen (secondary N) is 2. The molecule has 0 saturated carbocycles. The zero-order chi connectivity index (χ0) is 19.9.